The van der Waals surface area contributed by atoms with Gasteiger partial charge in [0.25, 0.3) is 0 Å². The van der Waals surface area contributed by atoms with Gasteiger partial charge in [0.15, 0.2) is 0 Å². The number of nitrogens with zero attached hydrogens (tertiary/aromatic N) is 2. The van der Waals surface area contributed by atoms with Gasteiger partial charge in [-0.15, -0.1) is 0 Å². The summed E-state index contributed by atoms with van der Waals surface area (Å²) in [5.74, 6) is -0.363. The van der Waals surface area contributed by atoms with Crippen LogP contribution in [0, 0.1) is 5.92 Å². The number of amides is 2. The molecule has 0 aliphatic heterocycles. The van der Waals surface area contributed by atoms with E-state index in [1.807, 2.05) is 44.2 Å². The van der Waals surface area contributed by atoms with Gasteiger partial charge in [0.1, 0.15) is 18.3 Å². The highest BCUT2D eigenvalue weighted by Crippen LogP contribution is 2.33. The minimum Gasteiger partial charge on any atom is -0.495 e. The van der Waals surface area contributed by atoms with Crippen LogP contribution in [0.2, 0.25) is 5.02 Å². The maximum absolute atomic E-state index is 13.5. The molecule has 34 heavy (non-hydrogen) atoms. The van der Waals surface area contributed by atoms with E-state index in [1.165, 1.54) is 24.1 Å². The lowest BCUT2D eigenvalue weighted by molar-refractivity contribution is -0.139. The maximum atomic E-state index is 13.5. The summed E-state index contributed by atoms with van der Waals surface area (Å²) < 4.78 is 31.6. The molecule has 8 nitrogen and oxygen atoms in total. The van der Waals surface area contributed by atoms with E-state index in [-0.39, 0.29) is 29.8 Å². The van der Waals surface area contributed by atoms with Gasteiger partial charge >= 0.3 is 0 Å². The summed E-state index contributed by atoms with van der Waals surface area (Å²) in [6.07, 6.45) is 1.00. The van der Waals surface area contributed by atoms with Crippen molar-refractivity contribution in [2.45, 2.75) is 33.4 Å². The standard InChI is InChI=1S/C24H32ClN3O5S/c1-17(2)14-26-24(30)18(3)27(15-19-9-7-6-8-10-19)23(29)16-28(34(5,31)32)21-13-20(25)11-12-22(21)33-4/h6-13,17-18H,14-16H2,1-5H3,(H,26,30)/t18-/m1/s1. The number of benzene rings is 2. The van der Waals surface area contributed by atoms with E-state index in [0.717, 1.165) is 16.1 Å². The van der Waals surface area contributed by atoms with Gasteiger partial charge in [0.05, 0.1) is 19.1 Å². The lowest BCUT2D eigenvalue weighted by atomic mass is 10.1. The first-order valence-corrected chi connectivity index (χ1v) is 13.1. The molecule has 0 radical (unpaired) electrons. The van der Waals surface area contributed by atoms with E-state index >= 15 is 0 Å². The fraction of sp³-hybridized carbons (Fsp3) is 0.417. The van der Waals surface area contributed by atoms with Crippen LogP contribution in [0.5, 0.6) is 5.75 Å². The van der Waals surface area contributed by atoms with E-state index in [1.54, 1.807) is 13.0 Å². The second-order valence-electron chi connectivity index (χ2n) is 8.41. The third kappa shape index (κ3) is 7.63. The predicted octanol–water partition coefficient (Wildman–Crippen LogP) is 3.30. The van der Waals surface area contributed by atoms with Gasteiger partial charge in [0.2, 0.25) is 21.8 Å². The Bertz CT molecular complexity index is 1090. The van der Waals surface area contributed by atoms with Gasteiger partial charge in [0, 0.05) is 18.1 Å². The topological polar surface area (TPSA) is 96.0 Å². The highest BCUT2D eigenvalue weighted by atomic mass is 35.5. The number of nitrogens with one attached hydrogen (secondary N) is 1. The highest BCUT2D eigenvalue weighted by molar-refractivity contribution is 7.92. The second kappa shape index (κ2) is 12.1. The molecule has 2 aromatic carbocycles. The predicted molar refractivity (Wildman–Crippen MR) is 134 cm³/mol. The molecule has 0 aliphatic rings. The van der Waals surface area contributed by atoms with Crippen molar-refractivity contribution in [2.75, 3.05) is 30.8 Å². The normalized spacial score (nSPS) is 12.2. The van der Waals surface area contributed by atoms with Crippen molar-refractivity contribution in [3.63, 3.8) is 0 Å². The van der Waals surface area contributed by atoms with Crippen LogP contribution in [0.15, 0.2) is 48.5 Å². The summed E-state index contributed by atoms with van der Waals surface area (Å²) in [7, 11) is -2.49. The molecule has 0 bridgehead atoms. The van der Waals surface area contributed by atoms with Crippen molar-refractivity contribution in [2.24, 2.45) is 5.92 Å². The molecule has 0 heterocycles. The molecule has 0 saturated carbocycles. The molecule has 0 saturated heterocycles. The molecular weight excluding hydrogens is 478 g/mol. The molecule has 186 valence electrons. The van der Waals surface area contributed by atoms with Crippen molar-refractivity contribution in [3.05, 3.63) is 59.1 Å². The van der Waals surface area contributed by atoms with Crippen molar-refractivity contribution in [1.82, 2.24) is 10.2 Å². The molecule has 10 heteroatoms. The van der Waals surface area contributed by atoms with Crippen LogP contribution in [-0.2, 0) is 26.2 Å². The van der Waals surface area contributed by atoms with E-state index in [0.29, 0.717) is 11.6 Å². The van der Waals surface area contributed by atoms with E-state index in [2.05, 4.69) is 5.32 Å². The Morgan fingerprint density at radius 2 is 1.74 bits per heavy atom. The maximum Gasteiger partial charge on any atom is 0.244 e. The monoisotopic (exact) mass is 509 g/mol. The highest BCUT2D eigenvalue weighted by Gasteiger charge is 2.31. The fourth-order valence-corrected chi connectivity index (χ4v) is 4.28. The van der Waals surface area contributed by atoms with E-state index < -0.39 is 28.5 Å². The van der Waals surface area contributed by atoms with Gasteiger partial charge in [-0.1, -0.05) is 55.8 Å². The molecule has 0 aromatic heterocycles. The lowest BCUT2D eigenvalue weighted by Gasteiger charge is -2.32. The van der Waals surface area contributed by atoms with Crippen LogP contribution in [0.4, 0.5) is 5.69 Å². The Kier molecular flexibility index (Phi) is 9.76. The van der Waals surface area contributed by atoms with Crippen molar-refractivity contribution >= 4 is 39.1 Å². The Morgan fingerprint density at radius 1 is 1.09 bits per heavy atom. The number of carbonyl (C=O) groups is 2. The largest absolute Gasteiger partial charge is 0.495 e. The zero-order valence-corrected chi connectivity index (χ0v) is 21.7. The Balaban J connectivity index is 2.41. The lowest BCUT2D eigenvalue weighted by Crippen LogP contribution is -2.51. The summed E-state index contributed by atoms with van der Waals surface area (Å²) in [5, 5.41) is 3.13. The molecule has 0 spiro atoms. The van der Waals surface area contributed by atoms with Crippen molar-refractivity contribution in [1.29, 1.82) is 0 Å². The van der Waals surface area contributed by atoms with Crippen molar-refractivity contribution < 1.29 is 22.7 Å². The first kappa shape index (κ1) is 27.5. The first-order chi connectivity index (χ1) is 15.9. The Morgan fingerprint density at radius 3 is 2.29 bits per heavy atom. The zero-order chi connectivity index (χ0) is 25.5. The van der Waals surface area contributed by atoms with E-state index in [4.69, 9.17) is 16.3 Å². The molecule has 2 amide bonds. The van der Waals surface area contributed by atoms with Crippen LogP contribution in [-0.4, -0.2) is 57.6 Å². The molecule has 1 atom stereocenters. The molecule has 0 unspecified atom stereocenters. The smallest absolute Gasteiger partial charge is 0.244 e. The first-order valence-electron chi connectivity index (χ1n) is 10.9. The zero-order valence-electron chi connectivity index (χ0n) is 20.1. The van der Waals surface area contributed by atoms with Gasteiger partial charge < -0.3 is 15.0 Å². The second-order valence-corrected chi connectivity index (χ2v) is 10.8. The van der Waals surface area contributed by atoms with Crippen LogP contribution >= 0.6 is 11.6 Å². The minimum atomic E-state index is -3.89. The van der Waals surface area contributed by atoms with Crippen LogP contribution in [0.1, 0.15) is 26.3 Å². The number of sulfonamides is 1. The molecule has 1 N–H and O–H groups in total. The summed E-state index contributed by atoms with van der Waals surface area (Å²) in [6, 6.07) is 12.9. The van der Waals surface area contributed by atoms with Crippen LogP contribution in [0.3, 0.4) is 0 Å². The minimum absolute atomic E-state index is 0.139. The average Bonchev–Trinajstić information content (AvgIpc) is 2.78. The van der Waals surface area contributed by atoms with Crippen LogP contribution < -0.4 is 14.4 Å². The van der Waals surface area contributed by atoms with Gasteiger partial charge in [-0.25, -0.2) is 8.42 Å². The Hall–Kier alpha value is -2.78. The molecular formula is C24H32ClN3O5S. The fourth-order valence-electron chi connectivity index (χ4n) is 3.27. The number of anilines is 1. The number of carbonyl (C=O) groups excluding carboxylic acids is 2. The molecule has 2 aromatic rings. The summed E-state index contributed by atoms with van der Waals surface area (Å²) in [4.78, 5) is 27.7. The molecule has 0 aliphatic carbocycles. The number of hydrogen-bond donors (Lipinski definition) is 1. The average molecular weight is 510 g/mol. The molecule has 0 fully saturated rings. The van der Waals surface area contributed by atoms with E-state index in [9.17, 15) is 18.0 Å². The summed E-state index contributed by atoms with van der Waals surface area (Å²) in [6.45, 7) is 5.65. The number of rotatable bonds is 11. The van der Waals surface area contributed by atoms with Crippen LogP contribution in [0.25, 0.3) is 0 Å². The van der Waals surface area contributed by atoms with Crippen molar-refractivity contribution in [3.8, 4) is 5.75 Å². The molecule has 2 rings (SSSR count). The number of halogens is 1. The summed E-state index contributed by atoms with van der Waals surface area (Å²) in [5.41, 5.74) is 0.952. The number of methoxy groups -OCH3 is 1. The van der Waals surface area contributed by atoms with Gasteiger partial charge in [-0.3, -0.25) is 13.9 Å². The quantitative estimate of drug-likeness (QED) is 0.501. The van der Waals surface area contributed by atoms with Gasteiger partial charge in [-0.2, -0.15) is 0 Å². The number of ether oxygens (including phenoxy) is 1. The summed E-state index contributed by atoms with van der Waals surface area (Å²) >= 11 is 6.10. The van der Waals surface area contributed by atoms with Gasteiger partial charge in [-0.05, 0) is 36.6 Å². The Labute approximate surface area is 206 Å². The third-order valence-electron chi connectivity index (χ3n) is 5.14. The SMILES string of the molecule is COc1ccc(Cl)cc1N(CC(=O)N(Cc1ccccc1)[C@H](C)C(=O)NCC(C)C)S(C)(=O)=O. The third-order valence-corrected chi connectivity index (χ3v) is 6.50. The number of hydrogen-bond acceptors (Lipinski definition) is 5.